The molecule has 0 aromatic rings. The van der Waals surface area contributed by atoms with Crippen LogP contribution in [0.1, 0.15) is 38.5 Å². The van der Waals surface area contributed by atoms with Gasteiger partial charge >= 0.3 is 0 Å². The molecule has 1 heterocycles. The second-order valence-electron chi connectivity index (χ2n) is 5.74. The molecule has 2 atom stereocenters. The fourth-order valence-electron chi connectivity index (χ4n) is 3.13. The number of hydrogen-bond donors (Lipinski definition) is 2. The summed E-state index contributed by atoms with van der Waals surface area (Å²) in [5, 5.41) is 8.88. The van der Waals surface area contributed by atoms with Gasteiger partial charge in [0, 0.05) is 32.3 Å². The molecule has 0 aromatic carbocycles. The highest BCUT2D eigenvalue weighted by atomic mass is 16.2. The van der Waals surface area contributed by atoms with E-state index in [4.69, 9.17) is 10.8 Å². The smallest absolute Gasteiger partial charge is 0.0431 e. The summed E-state index contributed by atoms with van der Waals surface area (Å²) in [6.07, 6.45) is 7.51. The third kappa shape index (κ3) is 3.44. The molecule has 0 bridgehead atoms. The van der Waals surface area contributed by atoms with Gasteiger partial charge in [0.1, 0.15) is 0 Å². The Bertz CT molecular complexity index is 206. The maximum Gasteiger partial charge on any atom is 0.0431 e. The van der Waals surface area contributed by atoms with Crippen LogP contribution in [0.5, 0.6) is 0 Å². The fraction of sp³-hybridized carbons (Fsp3) is 1.00. The molecule has 0 radical (unpaired) electrons. The van der Waals surface area contributed by atoms with Crippen molar-refractivity contribution in [1.82, 2.24) is 4.90 Å². The van der Waals surface area contributed by atoms with E-state index in [1.54, 1.807) is 0 Å². The van der Waals surface area contributed by atoms with Crippen LogP contribution in [-0.2, 0) is 0 Å². The molecule has 1 saturated carbocycles. The zero-order valence-corrected chi connectivity index (χ0v) is 10.3. The summed E-state index contributed by atoms with van der Waals surface area (Å²) in [7, 11) is 0. The first-order valence-electron chi connectivity index (χ1n) is 6.86. The Balaban J connectivity index is 1.74. The van der Waals surface area contributed by atoms with Crippen molar-refractivity contribution in [3.05, 3.63) is 0 Å². The van der Waals surface area contributed by atoms with Crippen molar-refractivity contribution in [1.29, 1.82) is 0 Å². The highest BCUT2D eigenvalue weighted by molar-refractivity contribution is 4.84. The fourth-order valence-corrected chi connectivity index (χ4v) is 3.13. The van der Waals surface area contributed by atoms with E-state index in [0.717, 1.165) is 37.6 Å². The second-order valence-corrected chi connectivity index (χ2v) is 5.74. The monoisotopic (exact) mass is 226 g/mol. The number of hydrogen-bond acceptors (Lipinski definition) is 3. The zero-order chi connectivity index (χ0) is 11.4. The van der Waals surface area contributed by atoms with Crippen molar-refractivity contribution in [2.24, 2.45) is 17.6 Å². The van der Waals surface area contributed by atoms with Crippen molar-refractivity contribution in [3.63, 3.8) is 0 Å². The summed E-state index contributed by atoms with van der Waals surface area (Å²) in [5.74, 6) is 1.67. The largest absolute Gasteiger partial charge is 0.396 e. The molecule has 3 nitrogen and oxygen atoms in total. The minimum atomic E-state index is 0.328. The first-order chi connectivity index (χ1) is 7.78. The molecular weight excluding hydrogens is 200 g/mol. The molecule has 16 heavy (non-hydrogen) atoms. The summed E-state index contributed by atoms with van der Waals surface area (Å²) >= 11 is 0. The summed E-state index contributed by atoms with van der Waals surface area (Å²) < 4.78 is 0. The van der Waals surface area contributed by atoms with Gasteiger partial charge in [0.15, 0.2) is 0 Å². The van der Waals surface area contributed by atoms with Gasteiger partial charge in [-0.15, -0.1) is 0 Å². The lowest BCUT2D eigenvalue weighted by Crippen LogP contribution is -2.49. The van der Waals surface area contributed by atoms with E-state index in [1.165, 1.54) is 32.4 Å². The van der Waals surface area contributed by atoms with Gasteiger partial charge in [-0.1, -0.05) is 6.42 Å². The second kappa shape index (κ2) is 5.99. The molecule has 2 fully saturated rings. The van der Waals surface area contributed by atoms with Crippen LogP contribution in [0.4, 0.5) is 0 Å². The van der Waals surface area contributed by atoms with Crippen LogP contribution in [0.2, 0.25) is 0 Å². The van der Waals surface area contributed by atoms with E-state index in [2.05, 4.69) is 4.90 Å². The Morgan fingerprint density at radius 2 is 2.00 bits per heavy atom. The Kier molecular flexibility index (Phi) is 4.62. The first-order valence-corrected chi connectivity index (χ1v) is 6.86. The van der Waals surface area contributed by atoms with Gasteiger partial charge in [-0.2, -0.15) is 0 Å². The number of likely N-dealkylation sites (tertiary alicyclic amines) is 1. The average Bonchev–Trinajstić information content (AvgIpc) is 2.20. The van der Waals surface area contributed by atoms with Crippen LogP contribution in [0.15, 0.2) is 0 Å². The maximum absolute atomic E-state index is 8.88. The zero-order valence-electron chi connectivity index (χ0n) is 10.3. The van der Waals surface area contributed by atoms with E-state index < -0.39 is 0 Å². The number of aliphatic hydroxyl groups excluding tert-OH is 1. The van der Waals surface area contributed by atoms with E-state index in [0.29, 0.717) is 12.6 Å². The van der Waals surface area contributed by atoms with Crippen molar-refractivity contribution in [3.8, 4) is 0 Å². The van der Waals surface area contributed by atoms with Gasteiger partial charge in [-0.3, -0.25) is 0 Å². The maximum atomic E-state index is 8.88. The number of rotatable bonds is 5. The number of aliphatic hydroxyl groups is 1. The number of nitrogens with zero attached hydrogens (tertiary/aromatic N) is 1. The Labute approximate surface area is 99.0 Å². The lowest BCUT2D eigenvalue weighted by atomic mass is 9.83. The minimum absolute atomic E-state index is 0.328. The average molecular weight is 226 g/mol. The molecule has 2 rings (SSSR count). The predicted molar refractivity (Wildman–Crippen MR) is 66.2 cm³/mol. The first kappa shape index (κ1) is 12.3. The quantitative estimate of drug-likeness (QED) is 0.741. The lowest BCUT2D eigenvalue weighted by molar-refractivity contribution is 0.105. The van der Waals surface area contributed by atoms with Crippen LogP contribution < -0.4 is 5.73 Å². The molecule has 0 spiro atoms. The molecule has 1 aliphatic heterocycles. The Morgan fingerprint density at radius 1 is 1.19 bits per heavy atom. The third-order valence-corrected chi connectivity index (χ3v) is 4.16. The van der Waals surface area contributed by atoms with Crippen molar-refractivity contribution in [2.45, 2.75) is 44.6 Å². The SMILES string of the molecule is NC1CC(CCCO)CN(CC2CCC2)C1. The van der Waals surface area contributed by atoms with E-state index in [-0.39, 0.29) is 0 Å². The van der Waals surface area contributed by atoms with Crippen molar-refractivity contribution in [2.75, 3.05) is 26.2 Å². The molecule has 0 amide bonds. The summed E-state index contributed by atoms with van der Waals surface area (Å²) in [5.41, 5.74) is 6.12. The van der Waals surface area contributed by atoms with Crippen LogP contribution >= 0.6 is 0 Å². The predicted octanol–water partition coefficient (Wildman–Crippen LogP) is 1.21. The van der Waals surface area contributed by atoms with Crippen LogP contribution in [0.3, 0.4) is 0 Å². The van der Waals surface area contributed by atoms with E-state index in [1.807, 2.05) is 0 Å². The standard InChI is InChI=1S/C13H26N2O/c14-13-7-12(5-2-6-16)9-15(10-13)8-11-3-1-4-11/h11-13,16H,1-10,14H2. The third-order valence-electron chi connectivity index (χ3n) is 4.16. The van der Waals surface area contributed by atoms with Crippen LogP contribution in [0, 0.1) is 11.8 Å². The Morgan fingerprint density at radius 3 is 2.62 bits per heavy atom. The van der Waals surface area contributed by atoms with Crippen molar-refractivity contribution < 1.29 is 5.11 Å². The van der Waals surface area contributed by atoms with Gasteiger partial charge in [-0.05, 0) is 43.9 Å². The van der Waals surface area contributed by atoms with Crippen molar-refractivity contribution >= 4 is 0 Å². The van der Waals surface area contributed by atoms with E-state index in [9.17, 15) is 0 Å². The number of nitrogens with two attached hydrogens (primary N) is 1. The van der Waals surface area contributed by atoms with Gasteiger partial charge in [0.25, 0.3) is 0 Å². The van der Waals surface area contributed by atoms with Crippen LogP contribution in [0.25, 0.3) is 0 Å². The topological polar surface area (TPSA) is 49.5 Å². The summed E-state index contributed by atoms with van der Waals surface area (Å²) in [6.45, 7) is 3.90. The van der Waals surface area contributed by atoms with E-state index >= 15 is 0 Å². The van der Waals surface area contributed by atoms with Gasteiger partial charge < -0.3 is 15.7 Å². The molecule has 2 unspecified atom stereocenters. The molecular formula is C13H26N2O. The molecule has 3 N–H and O–H groups in total. The highest BCUT2D eigenvalue weighted by Gasteiger charge is 2.28. The molecule has 2 aliphatic rings. The molecule has 3 heteroatoms. The van der Waals surface area contributed by atoms with Gasteiger partial charge in [0.2, 0.25) is 0 Å². The molecule has 0 aromatic heterocycles. The Hall–Kier alpha value is -0.120. The van der Waals surface area contributed by atoms with Gasteiger partial charge in [0.05, 0.1) is 0 Å². The lowest BCUT2D eigenvalue weighted by Gasteiger charge is -2.40. The minimum Gasteiger partial charge on any atom is -0.396 e. The number of piperidine rings is 1. The normalized spacial score (nSPS) is 32.6. The summed E-state index contributed by atoms with van der Waals surface area (Å²) in [6, 6.07) is 0.359. The highest BCUT2D eigenvalue weighted by Crippen LogP contribution is 2.29. The van der Waals surface area contributed by atoms with Gasteiger partial charge in [-0.25, -0.2) is 0 Å². The summed E-state index contributed by atoms with van der Waals surface area (Å²) in [4.78, 5) is 2.57. The molecule has 94 valence electrons. The molecule has 1 saturated heterocycles. The van der Waals surface area contributed by atoms with Crippen LogP contribution in [-0.4, -0.2) is 42.3 Å². The molecule has 1 aliphatic carbocycles.